The van der Waals surface area contributed by atoms with Gasteiger partial charge < -0.3 is 10.4 Å². The van der Waals surface area contributed by atoms with Gasteiger partial charge in [0, 0.05) is 19.1 Å². The minimum absolute atomic E-state index is 0.628. The topological polar surface area (TPSA) is 35.5 Å². The lowest BCUT2D eigenvalue weighted by atomic mass is 9.90. The molecule has 3 heteroatoms. The second kappa shape index (κ2) is 7.39. The van der Waals surface area contributed by atoms with Gasteiger partial charge in [-0.05, 0) is 44.3 Å². The Kier molecular flexibility index (Phi) is 5.80. The van der Waals surface area contributed by atoms with Crippen molar-refractivity contribution >= 4 is 0 Å². The molecule has 1 aliphatic heterocycles. The van der Waals surface area contributed by atoms with Gasteiger partial charge in [-0.1, -0.05) is 44.2 Å². The van der Waals surface area contributed by atoms with Crippen molar-refractivity contribution in [2.75, 3.05) is 26.2 Å². The number of benzene rings is 1. The van der Waals surface area contributed by atoms with E-state index < -0.39 is 5.60 Å². The van der Waals surface area contributed by atoms with Crippen LogP contribution in [0.15, 0.2) is 30.3 Å². The van der Waals surface area contributed by atoms with Gasteiger partial charge in [0.1, 0.15) is 0 Å². The van der Waals surface area contributed by atoms with Gasteiger partial charge in [0.15, 0.2) is 0 Å². The lowest BCUT2D eigenvalue weighted by molar-refractivity contribution is 0.0000189. The second-order valence-electron chi connectivity index (χ2n) is 6.70. The first-order chi connectivity index (χ1) is 10.0. The molecule has 0 spiro atoms. The standard InChI is InChI=1S/C18H30N2O/c1-4-11-19-17-10-12-20(13-15(17)2)14-18(3,21)16-8-6-5-7-9-16/h5-9,15,17,19,21H,4,10-14H2,1-3H3. The fourth-order valence-corrected chi connectivity index (χ4v) is 3.33. The Labute approximate surface area is 129 Å². The number of piperidine rings is 1. The van der Waals surface area contributed by atoms with E-state index in [4.69, 9.17) is 0 Å². The van der Waals surface area contributed by atoms with E-state index in [9.17, 15) is 5.11 Å². The maximum Gasteiger partial charge on any atom is 0.0994 e. The summed E-state index contributed by atoms with van der Waals surface area (Å²) >= 11 is 0. The van der Waals surface area contributed by atoms with E-state index in [2.05, 4.69) is 24.1 Å². The first-order valence-electron chi connectivity index (χ1n) is 8.26. The Morgan fingerprint density at radius 3 is 2.67 bits per heavy atom. The Bertz CT molecular complexity index is 418. The molecule has 1 aliphatic rings. The van der Waals surface area contributed by atoms with E-state index in [1.807, 2.05) is 37.3 Å². The van der Waals surface area contributed by atoms with Crippen molar-refractivity contribution in [2.24, 2.45) is 5.92 Å². The fourth-order valence-electron chi connectivity index (χ4n) is 3.33. The summed E-state index contributed by atoms with van der Waals surface area (Å²) in [7, 11) is 0. The number of nitrogens with one attached hydrogen (secondary N) is 1. The highest BCUT2D eigenvalue weighted by atomic mass is 16.3. The predicted molar refractivity (Wildman–Crippen MR) is 88.3 cm³/mol. The smallest absolute Gasteiger partial charge is 0.0994 e. The molecule has 0 aromatic heterocycles. The molecule has 1 saturated heterocycles. The monoisotopic (exact) mass is 290 g/mol. The molecule has 118 valence electrons. The average Bonchev–Trinajstić information content (AvgIpc) is 2.47. The van der Waals surface area contributed by atoms with Crippen molar-refractivity contribution in [1.29, 1.82) is 0 Å². The number of aliphatic hydroxyl groups is 1. The van der Waals surface area contributed by atoms with Gasteiger partial charge in [-0.15, -0.1) is 0 Å². The van der Waals surface area contributed by atoms with E-state index in [0.29, 0.717) is 18.5 Å². The van der Waals surface area contributed by atoms with Crippen molar-refractivity contribution in [3.63, 3.8) is 0 Å². The van der Waals surface area contributed by atoms with Gasteiger partial charge >= 0.3 is 0 Å². The van der Waals surface area contributed by atoms with E-state index in [-0.39, 0.29) is 0 Å². The van der Waals surface area contributed by atoms with Gasteiger partial charge in [-0.3, -0.25) is 4.90 Å². The molecule has 1 fully saturated rings. The first kappa shape index (κ1) is 16.5. The lowest BCUT2D eigenvalue weighted by Gasteiger charge is -2.40. The molecule has 0 radical (unpaired) electrons. The molecule has 0 aliphatic carbocycles. The molecule has 0 saturated carbocycles. The third kappa shape index (κ3) is 4.53. The predicted octanol–water partition coefficient (Wildman–Crippen LogP) is 2.60. The molecular formula is C18H30N2O. The van der Waals surface area contributed by atoms with Crippen LogP contribution in [0, 0.1) is 5.92 Å². The van der Waals surface area contributed by atoms with Crippen LogP contribution in [0.3, 0.4) is 0 Å². The zero-order valence-corrected chi connectivity index (χ0v) is 13.7. The van der Waals surface area contributed by atoms with Gasteiger partial charge in [0.2, 0.25) is 0 Å². The Morgan fingerprint density at radius 2 is 2.05 bits per heavy atom. The zero-order valence-electron chi connectivity index (χ0n) is 13.7. The summed E-state index contributed by atoms with van der Waals surface area (Å²) < 4.78 is 0. The summed E-state index contributed by atoms with van der Waals surface area (Å²) in [6, 6.07) is 10.6. The third-order valence-electron chi connectivity index (χ3n) is 4.57. The largest absolute Gasteiger partial charge is 0.384 e. The van der Waals surface area contributed by atoms with Crippen molar-refractivity contribution < 1.29 is 5.11 Å². The van der Waals surface area contributed by atoms with Gasteiger partial charge in [0.05, 0.1) is 5.60 Å². The highest BCUT2D eigenvalue weighted by Crippen LogP contribution is 2.25. The van der Waals surface area contributed by atoms with E-state index in [0.717, 1.165) is 25.2 Å². The van der Waals surface area contributed by atoms with Gasteiger partial charge in [-0.2, -0.15) is 0 Å². The highest BCUT2D eigenvalue weighted by molar-refractivity contribution is 5.21. The van der Waals surface area contributed by atoms with Crippen LogP contribution in [0.25, 0.3) is 0 Å². The van der Waals surface area contributed by atoms with Crippen LogP contribution >= 0.6 is 0 Å². The minimum Gasteiger partial charge on any atom is -0.384 e. The van der Waals surface area contributed by atoms with E-state index in [1.165, 1.54) is 12.8 Å². The van der Waals surface area contributed by atoms with Gasteiger partial charge in [0.25, 0.3) is 0 Å². The molecule has 3 nitrogen and oxygen atoms in total. The molecule has 2 N–H and O–H groups in total. The maximum absolute atomic E-state index is 10.8. The van der Waals surface area contributed by atoms with Crippen LogP contribution < -0.4 is 5.32 Å². The van der Waals surface area contributed by atoms with Crippen LogP contribution in [0.2, 0.25) is 0 Å². The third-order valence-corrected chi connectivity index (χ3v) is 4.57. The summed E-state index contributed by atoms with van der Waals surface area (Å²) in [5.41, 5.74) is 0.230. The normalized spacial score (nSPS) is 26.5. The summed E-state index contributed by atoms with van der Waals surface area (Å²) in [5.74, 6) is 0.636. The number of hydrogen-bond donors (Lipinski definition) is 2. The number of β-amino-alcohol motifs (C(OH)–C–C–N with tert-alkyl or cyclic N) is 1. The molecule has 3 atom stereocenters. The Hall–Kier alpha value is -0.900. The van der Waals surface area contributed by atoms with E-state index in [1.54, 1.807) is 0 Å². The number of rotatable bonds is 6. The first-order valence-corrected chi connectivity index (χ1v) is 8.26. The summed E-state index contributed by atoms with van der Waals surface area (Å²) in [4.78, 5) is 2.40. The molecule has 0 amide bonds. The lowest BCUT2D eigenvalue weighted by Crippen LogP contribution is -2.51. The molecule has 1 heterocycles. The highest BCUT2D eigenvalue weighted by Gasteiger charge is 2.31. The molecular weight excluding hydrogens is 260 g/mol. The number of nitrogens with zero attached hydrogens (tertiary/aromatic N) is 1. The van der Waals surface area contributed by atoms with Crippen LogP contribution in [-0.2, 0) is 5.60 Å². The Balaban J connectivity index is 1.90. The van der Waals surface area contributed by atoms with Crippen molar-refractivity contribution in [1.82, 2.24) is 10.2 Å². The Morgan fingerprint density at radius 1 is 1.33 bits per heavy atom. The second-order valence-corrected chi connectivity index (χ2v) is 6.70. The molecule has 1 aromatic carbocycles. The van der Waals surface area contributed by atoms with E-state index >= 15 is 0 Å². The number of likely N-dealkylation sites (tertiary alicyclic amines) is 1. The summed E-state index contributed by atoms with van der Waals surface area (Å²) in [5, 5.41) is 14.4. The van der Waals surface area contributed by atoms with Crippen LogP contribution in [0.4, 0.5) is 0 Å². The summed E-state index contributed by atoms with van der Waals surface area (Å²) in [6.07, 6.45) is 2.36. The zero-order chi connectivity index (χ0) is 15.3. The van der Waals surface area contributed by atoms with Crippen LogP contribution in [0.5, 0.6) is 0 Å². The average molecular weight is 290 g/mol. The molecule has 2 rings (SSSR count). The van der Waals surface area contributed by atoms with Crippen LogP contribution in [-0.4, -0.2) is 42.2 Å². The number of hydrogen-bond acceptors (Lipinski definition) is 3. The minimum atomic E-state index is -0.773. The SMILES string of the molecule is CCCNC1CCN(CC(C)(O)c2ccccc2)CC1C. The molecule has 1 aromatic rings. The molecule has 3 unspecified atom stereocenters. The fraction of sp³-hybridized carbons (Fsp3) is 0.667. The summed E-state index contributed by atoms with van der Waals surface area (Å²) in [6.45, 7) is 10.4. The van der Waals surface area contributed by atoms with Crippen molar-refractivity contribution in [2.45, 2.75) is 45.3 Å². The quantitative estimate of drug-likeness (QED) is 0.845. The van der Waals surface area contributed by atoms with Gasteiger partial charge in [-0.25, -0.2) is 0 Å². The van der Waals surface area contributed by atoms with Crippen LogP contribution in [0.1, 0.15) is 39.2 Å². The van der Waals surface area contributed by atoms with Crippen molar-refractivity contribution in [3.05, 3.63) is 35.9 Å². The molecule has 21 heavy (non-hydrogen) atoms. The van der Waals surface area contributed by atoms with Crippen molar-refractivity contribution in [3.8, 4) is 0 Å². The molecule has 0 bridgehead atoms. The maximum atomic E-state index is 10.8.